The number of rotatable bonds is 7. The number of hydrogen-bond donors (Lipinski definition) is 1. The summed E-state index contributed by atoms with van der Waals surface area (Å²) in [7, 11) is -3.45. The molecule has 124 valence electrons. The number of sulfonamides is 1. The Bertz CT molecular complexity index is 739. The third-order valence-electron chi connectivity index (χ3n) is 3.55. The predicted octanol–water partition coefficient (Wildman–Crippen LogP) is 3.18. The number of benzene rings is 1. The van der Waals surface area contributed by atoms with Gasteiger partial charge in [-0.1, -0.05) is 29.8 Å². The fraction of sp³-hybridized carbons (Fsp3) is 0.353. The van der Waals surface area contributed by atoms with Crippen LogP contribution in [0.15, 0.2) is 42.6 Å². The Morgan fingerprint density at radius 2 is 1.87 bits per heavy atom. The van der Waals surface area contributed by atoms with Crippen LogP contribution in [0.3, 0.4) is 0 Å². The van der Waals surface area contributed by atoms with Crippen molar-refractivity contribution in [3.8, 4) is 0 Å². The first-order valence-corrected chi connectivity index (χ1v) is 9.35. The molecule has 0 aliphatic rings. The van der Waals surface area contributed by atoms with E-state index in [0.29, 0.717) is 5.69 Å². The molecule has 0 spiro atoms. The Hall–Kier alpha value is -2.08. The van der Waals surface area contributed by atoms with Crippen molar-refractivity contribution < 1.29 is 8.42 Å². The van der Waals surface area contributed by atoms with Crippen LogP contribution in [-0.2, 0) is 15.8 Å². The molecule has 6 heteroatoms. The van der Waals surface area contributed by atoms with Gasteiger partial charge >= 0.3 is 0 Å². The highest BCUT2D eigenvalue weighted by molar-refractivity contribution is 7.91. The predicted molar refractivity (Wildman–Crippen MR) is 95.2 cm³/mol. The normalized spacial score (nSPS) is 11.3. The molecule has 0 bridgehead atoms. The van der Waals surface area contributed by atoms with Crippen LogP contribution in [0.2, 0.25) is 0 Å². The molecule has 1 heterocycles. The summed E-state index contributed by atoms with van der Waals surface area (Å²) in [6.45, 7) is 7.79. The number of nitrogens with one attached hydrogen (secondary N) is 1. The van der Waals surface area contributed by atoms with Crippen molar-refractivity contribution in [2.24, 2.45) is 0 Å². The number of pyridine rings is 1. The highest BCUT2D eigenvalue weighted by Gasteiger charge is 2.12. The van der Waals surface area contributed by atoms with E-state index in [1.54, 1.807) is 12.3 Å². The molecular weight excluding hydrogens is 310 g/mol. The molecule has 0 aliphatic carbocycles. The second kappa shape index (κ2) is 7.46. The van der Waals surface area contributed by atoms with Gasteiger partial charge in [-0.05, 0) is 38.5 Å². The van der Waals surface area contributed by atoms with Gasteiger partial charge in [-0.25, -0.2) is 13.4 Å². The smallest absolute Gasteiger partial charge is 0.236 e. The summed E-state index contributed by atoms with van der Waals surface area (Å²) in [5.41, 5.74) is 2.29. The van der Waals surface area contributed by atoms with Gasteiger partial charge in [-0.2, -0.15) is 0 Å². The van der Waals surface area contributed by atoms with Crippen molar-refractivity contribution in [3.05, 3.63) is 53.7 Å². The lowest BCUT2D eigenvalue weighted by molar-refractivity contribution is 0.600. The van der Waals surface area contributed by atoms with E-state index in [1.807, 2.05) is 37.3 Å². The zero-order valence-electron chi connectivity index (χ0n) is 13.8. The Morgan fingerprint density at radius 1 is 1.13 bits per heavy atom. The van der Waals surface area contributed by atoms with Crippen LogP contribution >= 0.6 is 0 Å². The highest BCUT2D eigenvalue weighted by Crippen LogP contribution is 2.16. The Balaban J connectivity index is 2.08. The lowest BCUT2D eigenvalue weighted by atomic mass is 10.2. The van der Waals surface area contributed by atoms with E-state index in [1.165, 1.54) is 0 Å². The van der Waals surface area contributed by atoms with Gasteiger partial charge in [0.15, 0.2) is 0 Å². The quantitative estimate of drug-likeness (QED) is 0.845. The Kier molecular flexibility index (Phi) is 5.60. The SMILES string of the molecule is CCN(CC)c1ccc(NS(=O)(=O)Cc2cccc(C)c2)cn1. The largest absolute Gasteiger partial charge is 0.357 e. The van der Waals surface area contributed by atoms with Crippen molar-refractivity contribution in [2.75, 3.05) is 22.7 Å². The fourth-order valence-electron chi connectivity index (χ4n) is 2.42. The summed E-state index contributed by atoms with van der Waals surface area (Å²) in [6, 6.07) is 11.1. The molecule has 0 fully saturated rings. The van der Waals surface area contributed by atoms with Gasteiger partial charge in [0.05, 0.1) is 17.6 Å². The molecule has 0 amide bonds. The van der Waals surface area contributed by atoms with E-state index in [4.69, 9.17) is 0 Å². The second-order valence-corrected chi connectivity index (χ2v) is 7.15. The van der Waals surface area contributed by atoms with Crippen LogP contribution in [0, 0.1) is 6.92 Å². The first-order chi connectivity index (χ1) is 10.9. The van der Waals surface area contributed by atoms with Crippen molar-refractivity contribution in [2.45, 2.75) is 26.5 Å². The Labute approximate surface area is 138 Å². The van der Waals surface area contributed by atoms with E-state index < -0.39 is 10.0 Å². The first-order valence-electron chi connectivity index (χ1n) is 7.70. The molecule has 23 heavy (non-hydrogen) atoms. The van der Waals surface area contributed by atoms with Crippen LogP contribution in [0.4, 0.5) is 11.5 Å². The number of hydrogen-bond acceptors (Lipinski definition) is 4. The topological polar surface area (TPSA) is 62.3 Å². The molecular formula is C17H23N3O2S. The number of aromatic nitrogens is 1. The van der Waals surface area contributed by atoms with E-state index in [-0.39, 0.29) is 5.75 Å². The van der Waals surface area contributed by atoms with Crippen LogP contribution < -0.4 is 9.62 Å². The molecule has 0 saturated heterocycles. The maximum Gasteiger partial charge on any atom is 0.236 e. The first kappa shape index (κ1) is 17.3. The Morgan fingerprint density at radius 3 is 2.43 bits per heavy atom. The second-order valence-electron chi connectivity index (χ2n) is 5.43. The molecule has 0 unspecified atom stereocenters. The van der Waals surface area contributed by atoms with Crippen molar-refractivity contribution in [1.29, 1.82) is 0 Å². The van der Waals surface area contributed by atoms with Crippen molar-refractivity contribution in [3.63, 3.8) is 0 Å². The summed E-state index contributed by atoms with van der Waals surface area (Å²) in [5, 5.41) is 0. The average Bonchev–Trinajstić information content (AvgIpc) is 2.49. The van der Waals surface area contributed by atoms with Gasteiger partial charge in [-0.15, -0.1) is 0 Å². The van der Waals surface area contributed by atoms with E-state index >= 15 is 0 Å². The number of aryl methyl sites for hydroxylation is 1. The summed E-state index contributed by atoms with van der Waals surface area (Å²) in [5.74, 6) is 0.795. The molecule has 2 rings (SSSR count). The fourth-order valence-corrected chi connectivity index (χ4v) is 3.59. The van der Waals surface area contributed by atoms with Gasteiger partial charge in [-0.3, -0.25) is 4.72 Å². The zero-order valence-corrected chi connectivity index (χ0v) is 14.6. The van der Waals surface area contributed by atoms with Gasteiger partial charge in [0, 0.05) is 13.1 Å². The third-order valence-corrected chi connectivity index (χ3v) is 4.81. The van der Waals surface area contributed by atoms with Crippen LogP contribution in [-0.4, -0.2) is 26.5 Å². The average molecular weight is 333 g/mol. The van der Waals surface area contributed by atoms with Crippen LogP contribution in [0.25, 0.3) is 0 Å². The van der Waals surface area contributed by atoms with Crippen molar-refractivity contribution in [1.82, 2.24) is 4.98 Å². The molecule has 1 aromatic carbocycles. The minimum Gasteiger partial charge on any atom is -0.357 e. The third kappa shape index (κ3) is 4.96. The van der Waals surface area contributed by atoms with Crippen molar-refractivity contribution >= 4 is 21.5 Å². The molecule has 2 aromatic rings. The summed E-state index contributed by atoms with van der Waals surface area (Å²) >= 11 is 0. The van der Waals surface area contributed by atoms with Gasteiger partial charge in [0.1, 0.15) is 5.82 Å². The molecule has 5 nitrogen and oxygen atoms in total. The molecule has 0 saturated carbocycles. The highest BCUT2D eigenvalue weighted by atomic mass is 32.2. The lowest BCUT2D eigenvalue weighted by Crippen LogP contribution is -2.23. The number of anilines is 2. The molecule has 0 atom stereocenters. The minimum absolute atomic E-state index is 0.0491. The van der Waals surface area contributed by atoms with Gasteiger partial charge in [0.25, 0.3) is 0 Å². The van der Waals surface area contributed by atoms with Gasteiger partial charge in [0.2, 0.25) is 10.0 Å². The monoisotopic (exact) mass is 333 g/mol. The number of nitrogens with zero attached hydrogens (tertiary/aromatic N) is 2. The lowest BCUT2D eigenvalue weighted by Gasteiger charge is -2.19. The zero-order chi connectivity index (χ0) is 16.9. The van der Waals surface area contributed by atoms with E-state index in [9.17, 15) is 8.42 Å². The van der Waals surface area contributed by atoms with Crippen LogP contribution in [0.1, 0.15) is 25.0 Å². The summed E-state index contributed by atoms with van der Waals surface area (Å²) < 4.78 is 27.1. The summed E-state index contributed by atoms with van der Waals surface area (Å²) in [6.07, 6.45) is 1.56. The standard InChI is InChI=1S/C17H23N3O2S/c1-4-20(5-2)17-10-9-16(12-18-17)19-23(21,22)13-15-8-6-7-14(3)11-15/h6-12,19H,4-5,13H2,1-3H3. The van der Waals surface area contributed by atoms with Crippen LogP contribution in [0.5, 0.6) is 0 Å². The molecule has 0 radical (unpaired) electrons. The maximum absolute atomic E-state index is 12.3. The van der Waals surface area contributed by atoms with E-state index in [0.717, 1.165) is 30.0 Å². The minimum atomic E-state index is -3.45. The van der Waals surface area contributed by atoms with E-state index in [2.05, 4.69) is 28.5 Å². The molecule has 0 aliphatic heterocycles. The molecule has 1 aromatic heterocycles. The summed E-state index contributed by atoms with van der Waals surface area (Å²) in [4.78, 5) is 6.43. The maximum atomic E-state index is 12.3. The molecule has 1 N–H and O–H groups in total. The van der Waals surface area contributed by atoms with Gasteiger partial charge < -0.3 is 4.90 Å².